The highest BCUT2D eigenvalue weighted by Crippen LogP contribution is 2.17. The number of hydrogen-bond donors (Lipinski definition) is 1. The van der Waals surface area contributed by atoms with E-state index in [4.69, 9.17) is 5.11 Å². The molecule has 0 aromatic heterocycles. The van der Waals surface area contributed by atoms with Crippen molar-refractivity contribution in [1.29, 1.82) is 0 Å². The SMILES string of the molecule is CCCCCCCCSC(C)=CC(=O)O. The Morgan fingerprint density at radius 1 is 1.20 bits per heavy atom. The number of hydrogen-bond acceptors (Lipinski definition) is 2. The summed E-state index contributed by atoms with van der Waals surface area (Å²) in [7, 11) is 0. The van der Waals surface area contributed by atoms with Crippen molar-refractivity contribution in [2.45, 2.75) is 52.4 Å². The maximum atomic E-state index is 10.3. The third kappa shape index (κ3) is 11.5. The first-order valence-electron chi connectivity index (χ1n) is 5.70. The van der Waals surface area contributed by atoms with Crippen molar-refractivity contribution in [3.8, 4) is 0 Å². The Morgan fingerprint density at radius 2 is 1.80 bits per heavy atom. The standard InChI is InChI=1S/C12H22O2S/c1-3-4-5-6-7-8-9-15-11(2)10-12(13)14/h10H,3-9H2,1-2H3,(H,13,14). The van der Waals surface area contributed by atoms with Crippen molar-refractivity contribution in [1.82, 2.24) is 0 Å². The van der Waals surface area contributed by atoms with Gasteiger partial charge < -0.3 is 5.11 Å². The van der Waals surface area contributed by atoms with Crippen LogP contribution in [-0.2, 0) is 4.79 Å². The highest BCUT2D eigenvalue weighted by Gasteiger charge is 1.95. The predicted molar refractivity (Wildman–Crippen MR) is 67.2 cm³/mol. The van der Waals surface area contributed by atoms with Crippen molar-refractivity contribution < 1.29 is 9.90 Å². The first-order valence-corrected chi connectivity index (χ1v) is 6.69. The summed E-state index contributed by atoms with van der Waals surface area (Å²) in [6.45, 7) is 4.08. The summed E-state index contributed by atoms with van der Waals surface area (Å²) < 4.78 is 0. The minimum Gasteiger partial charge on any atom is -0.478 e. The van der Waals surface area contributed by atoms with Gasteiger partial charge in [-0.05, 0) is 24.0 Å². The van der Waals surface area contributed by atoms with Crippen LogP contribution < -0.4 is 0 Å². The van der Waals surface area contributed by atoms with Gasteiger partial charge in [-0.1, -0.05) is 39.0 Å². The molecule has 0 spiro atoms. The van der Waals surface area contributed by atoms with Crippen LogP contribution in [0.1, 0.15) is 52.4 Å². The van der Waals surface area contributed by atoms with Crippen LogP contribution in [0.3, 0.4) is 0 Å². The Kier molecular flexibility index (Phi) is 9.79. The monoisotopic (exact) mass is 230 g/mol. The van der Waals surface area contributed by atoms with Crippen molar-refractivity contribution in [3.05, 3.63) is 11.0 Å². The molecule has 0 heterocycles. The number of thioether (sulfide) groups is 1. The zero-order valence-corrected chi connectivity index (χ0v) is 10.6. The lowest BCUT2D eigenvalue weighted by atomic mass is 10.1. The maximum absolute atomic E-state index is 10.3. The molecule has 0 rings (SSSR count). The largest absolute Gasteiger partial charge is 0.478 e. The molecule has 3 heteroatoms. The Morgan fingerprint density at radius 3 is 2.40 bits per heavy atom. The summed E-state index contributed by atoms with van der Waals surface area (Å²) in [4.78, 5) is 11.2. The molecule has 0 aromatic rings. The minimum atomic E-state index is -0.844. The van der Waals surface area contributed by atoms with Gasteiger partial charge in [0.15, 0.2) is 0 Å². The molecular weight excluding hydrogens is 208 g/mol. The zero-order valence-electron chi connectivity index (χ0n) is 9.79. The second-order valence-electron chi connectivity index (χ2n) is 3.71. The van der Waals surface area contributed by atoms with Gasteiger partial charge in [0.25, 0.3) is 0 Å². The van der Waals surface area contributed by atoms with Crippen LogP contribution in [0.5, 0.6) is 0 Å². The second kappa shape index (κ2) is 10.1. The van der Waals surface area contributed by atoms with Crippen LogP contribution in [-0.4, -0.2) is 16.8 Å². The highest BCUT2D eigenvalue weighted by molar-refractivity contribution is 8.03. The summed E-state index contributed by atoms with van der Waals surface area (Å²) in [6.07, 6.45) is 9.02. The van der Waals surface area contributed by atoms with E-state index < -0.39 is 5.97 Å². The summed E-state index contributed by atoms with van der Waals surface area (Å²) in [5.74, 6) is 0.199. The van der Waals surface area contributed by atoms with Gasteiger partial charge in [0.1, 0.15) is 0 Å². The number of allylic oxidation sites excluding steroid dienone is 1. The van der Waals surface area contributed by atoms with E-state index in [9.17, 15) is 4.79 Å². The van der Waals surface area contributed by atoms with Crippen LogP contribution in [0.25, 0.3) is 0 Å². The summed E-state index contributed by atoms with van der Waals surface area (Å²) >= 11 is 1.65. The lowest BCUT2D eigenvalue weighted by Gasteiger charge is -2.01. The molecule has 0 aliphatic heterocycles. The molecule has 0 amide bonds. The van der Waals surface area contributed by atoms with E-state index in [1.54, 1.807) is 11.8 Å². The van der Waals surface area contributed by atoms with Crippen molar-refractivity contribution >= 4 is 17.7 Å². The van der Waals surface area contributed by atoms with Crippen LogP contribution >= 0.6 is 11.8 Å². The Labute approximate surface area is 97.1 Å². The van der Waals surface area contributed by atoms with E-state index in [0.717, 1.165) is 10.7 Å². The number of carboxylic acids is 1. The van der Waals surface area contributed by atoms with Crippen molar-refractivity contribution in [2.24, 2.45) is 0 Å². The van der Waals surface area contributed by atoms with Gasteiger partial charge in [0.2, 0.25) is 0 Å². The molecule has 0 saturated carbocycles. The van der Waals surface area contributed by atoms with Gasteiger partial charge in [-0.25, -0.2) is 4.79 Å². The van der Waals surface area contributed by atoms with E-state index in [0.29, 0.717) is 0 Å². The van der Waals surface area contributed by atoms with Gasteiger partial charge in [0.05, 0.1) is 0 Å². The Hall–Kier alpha value is -0.440. The maximum Gasteiger partial charge on any atom is 0.329 e. The third-order valence-corrected chi connectivity index (χ3v) is 3.22. The molecule has 0 bridgehead atoms. The molecule has 88 valence electrons. The van der Waals surface area contributed by atoms with Crippen LogP contribution in [0.2, 0.25) is 0 Å². The average Bonchev–Trinajstić information content (AvgIpc) is 2.15. The van der Waals surface area contributed by atoms with Gasteiger partial charge >= 0.3 is 5.97 Å². The fourth-order valence-electron chi connectivity index (χ4n) is 1.33. The normalized spacial score (nSPS) is 11.7. The molecule has 0 radical (unpaired) electrons. The third-order valence-electron chi connectivity index (χ3n) is 2.15. The molecule has 0 aromatic carbocycles. The lowest BCUT2D eigenvalue weighted by molar-refractivity contribution is -0.131. The van der Waals surface area contributed by atoms with Gasteiger partial charge in [-0.15, -0.1) is 11.8 Å². The number of carboxylic acid groups (broad SMARTS) is 1. The Bertz CT molecular complexity index is 200. The van der Waals surface area contributed by atoms with E-state index in [1.165, 1.54) is 44.6 Å². The topological polar surface area (TPSA) is 37.3 Å². The number of unbranched alkanes of at least 4 members (excludes halogenated alkanes) is 5. The molecule has 0 unspecified atom stereocenters. The molecule has 0 atom stereocenters. The van der Waals surface area contributed by atoms with Gasteiger partial charge in [-0.3, -0.25) is 0 Å². The summed E-state index contributed by atoms with van der Waals surface area (Å²) in [6, 6.07) is 0. The first-order chi connectivity index (χ1) is 7.16. The van der Waals surface area contributed by atoms with Crippen molar-refractivity contribution in [3.63, 3.8) is 0 Å². The molecule has 0 saturated heterocycles. The number of carbonyl (C=O) groups is 1. The fraction of sp³-hybridized carbons (Fsp3) is 0.750. The summed E-state index contributed by atoms with van der Waals surface area (Å²) in [5, 5.41) is 8.49. The molecule has 0 aliphatic rings. The molecular formula is C12H22O2S. The van der Waals surface area contributed by atoms with Gasteiger partial charge in [0, 0.05) is 6.08 Å². The lowest BCUT2D eigenvalue weighted by Crippen LogP contribution is -1.89. The second-order valence-corrected chi connectivity index (χ2v) is 5.05. The van der Waals surface area contributed by atoms with Crippen LogP contribution in [0, 0.1) is 0 Å². The molecule has 0 aliphatic carbocycles. The quantitative estimate of drug-likeness (QED) is 0.479. The smallest absolute Gasteiger partial charge is 0.329 e. The molecule has 1 N–H and O–H groups in total. The van der Waals surface area contributed by atoms with Crippen molar-refractivity contribution in [2.75, 3.05) is 5.75 Å². The van der Waals surface area contributed by atoms with Gasteiger partial charge in [-0.2, -0.15) is 0 Å². The first kappa shape index (κ1) is 14.6. The average molecular weight is 230 g/mol. The molecule has 2 nitrogen and oxygen atoms in total. The fourth-order valence-corrected chi connectivity index (χ4v) is 2.19. The summed E-state index contributed by atoms with van der Waals surface area (Å²) in [5.41, 5.74) is 0. The van der Waals surface area contributed by atoms with E-state index in [1.807, 2.05) is 6.92 Å². The Balaban J connectivity index is 3.27. The molecule has 0 fully saturated rings. The van der Waals surface area contributed by atoms with E-state index >= 15 is 0 Å². The number of rotatable bonds is 9. The van der Waals surface area contributed by atoms with E-state index in [-0.39, 0.29) is 0 Å². The molecule has 15 heavy (non-hydrogen) atoms. The highest BCUT2D eigenvalue weighted by atomic mass is 32.2. The van der Waals surface area contributed by atoms with Crippen LogP contribution in [0.15, 0.2) is 11.0 Å². The van der Waals surface area contributed by atoms with E-state index in [2.05, 4.69) is 6.92 Å². The zero-order chi connectivity index (χ0) is 11.5. The number of aliphatic carboxylic acids is 1. The van der Waals surface area contributed by atoms with Crippen LogP contribution in [0.4, 0.5) is 0 Å². The predicted octanol–water partition coefficient (Wildman–Crippen LogP) is 4.07. The minimum absolute atomic E-state index is 0.844.